The van der Waals surface area contributed by atoms with Gasteiger partial charge >= 0.3 is 6.01 Å². The molecule has 0 bridgehead atoms. The highest BCUT2D eigenvalue weighted by Crippen LogP contribution is 2.07. The Bertz CT molecular complexity index is 324. The van der Waals surface area contributed by atoms with E-state index in [1.54, 1.807) is 6.92 Å². The number of methoxy groups -OCH3 is 1. The first-order chi connectivity index (χ1) is 6.11. The van der Waals surface area contributed by atoms with Gasteiger partial charge in [0.15, 0.2) is 0 Å². The number of hydrogen-bond acceptors (Lipinski definition) is 5. The minimum Gasteiger partial charge on any atom is -0.467 e. The highest BCUT2D eigenvalue weighted by molar-refractivity contribution is 5.32. The Labute approximate surface area is 76.9 Å². The van der Waals surface area contributed by atoms with Crippen LogP contribution in [0.15, 0.2) is 12.3 Å². The zero-order valence-electron chi connectivity index (χ0n) is 7.96. The molecule has 1 aromatic heterocycles. The summed E-state index contributed by atoms with van der Waals surface area (Å²) in [6.45, 7) is 7.28. The second-order valence-corrected chi connectivity index (χ2v) is 2.60. The van der Waals surface area contributed by atoms with Crippen LogP contribution >= 0.6 is 0 Å². The molecule has 0 unspecified atom stereocenters. The number of nitrogens with one attached hydrogen (secondary N) is 1. The third-order valence-corrected chi connectivity index (χ3v) is 1.23. The van der Waals surface area contributed by atoms with Crippen LogP contribution in [-0.4, -0.2) is 22.1 Å². The molecule has 0 aromatic carbocycles. The van der Waals surface area contributed by atoms with Crippen LogP contribution in [0.2, 0.25) is 0 Å². The van der Waals surface area contributed by atoms with Crippen molar-refractivity contribution in [1.82, 2.24) is 15.0 Å². The molecule has 0 aliphatic rings. The van der Waals surface area contributed by atoms with Gasteiger partial charge in [0.2, 0.25) is 5.95 Å². The summed E-state index contributed by atoms with van der Waals surface area (Å²) in [7, 11) is 1.51. The average Bonchev–Trinajstić information content (AvgIpc) is 2.01. The first-order valence-electron chi connectivity index (χ1n) is 3.81. The summed E-state index contributed by atoms with van der Waals surface area (Å²) in [5.41, 5.74) is 0.771. The maximum atomic E-state index is 4.89. The summed E-state index contributed by atoms with van der Waals surface area (Å²) in [6, 6.07) is 0.302. The van der Waals surface area contributed by atoms with E-state index in [2.05, 4.69) is 26.8 Å². The summed E-state index contributed by atoms with van der Waals surface area (Å²) < 4.78 is 4.89. The van der Waals surface area contributed by atoms with Crippen molar-refractivity contribution in [2.75, 3.05) is 12.4 Å². The molecule has 0 aliphatic carbocycles. The smallest absolute Gasteiger partial charge is 0.321 e. The predicted octanol–water partition coefficient (Wildman–Crippen LogP) is 1.13. The van der Waals surface area contributed by atoms with Crippen LogP contribution in [0, 0.1) is 6.92 Å². The van der Waals surface area contributed by atoms with Gasteiger partial charge in [-0.15, -0.1) is 0 Å². The Hall–Kier alpha value is -1.65. The maximum absolute atomic E-state index is 4.89. The van der Waals surface area contributed by atoms with Crippen LogP contribution in [0.4, 0.5) is 5.95 Å². The van der Waals surface area contributed by atoms with E-state index in [4.69, 9.17) is 4.74 Å². The Morgan fingerprint density at radius 3 is 2.62 bits per heavy atom. The molecule has 0 fully saturated rings. The molecule has 0 spiro atoms. The molecule has 0 aliphatic heterocycles. The lowest BCUT2D eigenvalue weighted by Crippen LogP contribution is -2.04. The van der Waals surface area contributed by atoms with Crippen molar-refractivity contribution >= 4 is 5.95 Å². The third-order valence-electron chi connectivity index (χ3n) is 1.23. The summed E-state index contributed by atoms with van der Waals surface area (Å²) >= 11 is 0. The van der Waals surface area contributed by atoms with Gasteiger partial charge in [0.1, 0.15) is 5.82 Å². The molecule has 13 heavy (non-hydrogen) atoms. The number of aromatic nitrogens is 3. The van der Waals surface area contributed by atoms with Crippen LogP contribution in [0.5, 0.6) is 6.01 Å². The lowest BCUT2D eigenvalue weighted by molar-refractivity contribution is 0.377. The van der Waals surface area contributed by atoms with Crippen molar-refractivity contribution in [3.8, 4) is 6.01 Å². The number of ether oxygens (including phenoxy) is 1. The number of hydrogen-bond donors (Lipinski definition) is 1. The van der Waals surface area contributed by atoms with Gasteiger partial charge in [0.25, 0.3) is 0 Å². The Morgan fingerprint density at radius 2 is 2.08 bits per heavy atom. The number of allylic oxidation sites excluding steroid dienone is 1. The molecule has 5 heteroatoms. The highest BCUT2D eigenvalue weighted by atomic mass is 16.5. The molecule has 0 radical (unpaired) electrons. The minimum atomic E-state index is 0.302. The van der Waals surface area contributed by atoms with Crippen molar-refractivity contribution in [3.05, 3.63) is 18.1 Å². The van der Waals surface area contributed by atoms with Gasteiger partial charge < -0.3 is 10.1 Å². The third kappa shape index (κ3) is 2.70. The average molecular weight is 180 g/mol. The minimum absolute atomic E-state index is 0.302. The Morgan fingerprint density at radius 1 is 1.38 bits per heavy atom. The highest BCUT2D eigenvalue weighted by Gasteiger charge is 2.02. The lowest BCUT2D eigenvalue weighted by atomic mass is 10.6. The molecule has 1 rings (SSSR count). The monoisotopic (exact) mass is 180 g/mol. The van der Waals surface area contributed by atoms with E-state index in [1.165, 1.54) is 7.11 Å². The van der Waals surface area contributed by atoms with Crippen LogP contribution < -0.4 is 10.1 Å². The maximum Gasteiger partial charge on any atom is 0.321 e. The largest absolute Gasteiger partial charge is 0.467 e. The molecule has 70 valence electrons. The molecule has 1 heterocycles. The summed E-state index contributed by atoms with van der Waals surface area (Å²) in [5.74, 6) is 1.06. The van der Waals surface area contributed by atoms with Crippen LogP contribution in [0.3, 0.4) is 0 Å². The van der Waals surface area contributed by atoms with Gasteiger partial charge in [-0.1, -0.05) is 6.58 Å². The first-order valence-corrected chi connectivity index (χ1v) is 3.81. The van der Waals surface area contributed by atoms with Gasteiger partial charge in [0.05, 0.1) is 7.11 Å². The van der Waals surface area contributed by atoms with Gasteiger partial charge in [-0.3, -0.25) is 0 Å². The van der Waals surface area contributed by atoms with E-state index in [1.807, 2.05) is 6.92 Å². The molecule has 0 saturated carbocycles. The number of anilines is 1. The fraction of sp³-hybridized carbons (Fsp3) is 0.375. The zero-order chi connectivity index (χ0) is 9.84. The van der Waals surface area contributed by atoms with Crippen molar-refractivity contribution in [1.29, 1.82) is 0 Å². The second-order valence-electron chi connectivity index (χ2n) is 2.60. The molecule has 5 nitrogen and oxygen atoms in total. The Kier molecular flexibility index (Phi) is 2.79. The van der Waals surface area contributed by atoms with Gasteiger partial charge in [-0.05, 0) is 13.8 Å². The summed E-state index contributed by atoms with van der Waals surface area (Å²) in [4.78, 5) is 12.0. The molecular weight excluding hydrogens is 168 g/mol. The van der Waals surface area contributed by atoms with Gasteiger partial charge in [-0.25, -0.2) is 0 Å². The van der Waals surface area contributed by atoms with Crippen LogP contribution in [0.1, 0.15) is 12.7 Å². The molecule has 1 N–H and O–H groups in total. The fourth-order valence-corrected chi connectivity index (χ4v) is 0.795. The predicted molar refractivity (Wildman–Crippen MR) is 49.6 cm³/mol. The standard InChI is InChI=1S/C8H12N4O/c1-5(2)9-7-10-6(3)11-8(12-7)13-4/h1H2,2-4H3,(H,9,10,11,12). The number of nitrogens with zero attached hydrogens (tertiary/aromatic N) is 3. The number of aryl methyl sites for hydroxylation is 1. The lowest BCUT2D eigenvalue weighted by Gasteiger charge is -2.04. The van der Waals surface area contributed by atoms with Crippen LogP contribution in [-0.2, 0) is 0 Å². The van der Waals surface area contributed by atoms with Crippen molar-refractivity contribution in [3.63, 3.8) is 0 Å². The van der Waals surface area contributed by atoms with Crippen molar-refractivity contribution < 1.29 is 4.74 Å². The SMILES string of the molecule is C=C(C)Nc1nc(C)nc(OC)n1. The second kappa shape index (κ2) is 3.84. The van der Waals surface area contributed by atoms with Crippen molar-refractivity contribution in [2.45, 2.75) is 13.8 Å². The molecule has 0 atom stereocenters. The van der Waals surface area contributed by atoms with E-state index < -0.39 is 0 Å². The summed E-state index contributed by atoms with van der Waals surface area (Å²) in [6.07, 6.45) is 0. The van der Waals surface area contributed by atoms with Crippen molar-refractivity contribution in [2.24, 2.45) is 0 Å². The van der Waals surface area contributed by atoms with Crippen LogP contribution in [0.25, 0.3) is 0 Å². The van der Waals surface area contributed by atoms with E-state index in [-0.39, 0.29) is 0 Å². The fourth-order valence-electron chi connectivity index (χ4n) is 0.795. The molecule has 0 saturated heterocycles. The molecule has 0 amide bonds. The quantitative estimate of drug-likeness (QED) is 0.755. The first kappa shape index (κ1) is 9.44. The normalized spacial score (nSPS) is 9.46. The van der Waals surface area contributed by atoms with Gasteiger partial charge in [0, 0.05) is 5.70 Å². The Balaban J connectivity index is 2.94. The molecular formula is C8H12N4O. The van der Waals surface area contributed by atoms with Gasteiger partial charge in [-0.2, -0.15) is 15.0 Å². The number of rotatable bonds is 3. The van der Waals surface area contributed by atoms with E-state index in [0.717, 1.165) is 5.70 Å². The molecule has 1 aromatic rings. The van der Waals surface area contributed by atoms with E-state index in [9.17, 15) is 0 Å². The van der Waals surface area contributed by atoms with E-state index in [0.29, 0.717) is 17.8 Å². The topological polar surface area (TPSA) is 59.9 Å². The summed E-state index contributed by atoms with van der Waals surface area (Å²) in [5, 5.41) is 2.88. The van der Waals surface area contributed by atoms with E-state index >= 15 is 0 Å². The zero-order valence-corrected chi connectivity index (χ0v) is 7.96.